The van der Waals surface area contributed by atoms with Gasteiger partial charge >= 0.3 is 0 Å². The van der Waals surface area contributed by atoms with E-state index in [1.807, 2.05) is 6.92 Å². The summed E-state index contributed by atoms with van der Waals surface area (Å²) in [5, 5.41) is 0. The van der Waals surface area contributed by atoms with Crippen molar-refractivity contribution in [3.8, 4) is 11.1 Å². The van der Waals surface area contributed by atoms with Crippen molar-refractivity contribution in [2.24, 2.45) is 11.7 Å². The molecule has 0 spiro atoms. The number of aryl methyl sites for hydroxylation is 1. The summed E-state index contributed by atoms with van der Waals surface area (Å²) in [5.41, 5.74) is 12.2. The lowest BCUT2D eigenvalue weighted by Crippen LogP contribution is -2.13. The predicted molar refractivity (Wildman–Crippen MR) is 111 cm³/mol. The monoisotopic (exact) mass is 354 g/mol. The van der Waals surface area contributed by atoms with Crippen molar-refractivity contribution in [1.29, 1.82) is 0 Å². The van der Waals surface area contributed by atoms with Crippen LogP contribution < -0.4 is 5.73 Å². The summed E-state index contributed by atoms with van der Waals surface area (Å²) in [5.74, 6) is 0.304. The zero-order chi connectivity index (χ0) is 19.3. The second-order valence-corrected chi connectivity index (χ2v) is 7.80. The maximum Gasteiger partial charge on any atom is 0.251 e. The van der Waals surface area contributed by atoms with Gasteiger partial charge < -0.3 is 10.3 Å². The molecule has 0 aliphatic rings. The highest BCUT2D eigenvalue weighted by atomic mass is 16.1. The van der Waals surface area contributed by atoms with Gasteiger partial charge in [-0.3, -0.25) is 4.79 Å². The van der Waals surface area contributed by atoms with E-state index in [0.717, 1.165) is 42.6 Å². The summed E-state index contributed by atoms with van der Waals surface area (Å²) in [6.45, 7) is 11.8. The molecule has 2 rings (SSSR count). The Morgan fingerprint density at radius 3 is 2.31 bits per heavy atom. The van der Waals surface area contributed by atoms with E-state index in [1.165, 1.54) is 24.1 Å². The first-order valence-electron chi connectivity index (χ1n) is 9.95. The van der Waals surface area contributed by atoms with Gasteiger partial charge in [-0.1, -0.05) is 63.4 Å². The van der Waals surface area contributed by atoms with Crippen molar-refractivity contribution < 1.29 is 4.79 Å². The molecule has 26 heavy (non-hydrogen) atoms. The summed E-state index contributed by atoms with van der Waals surface area (Å²) in [7, 11) is 0. The number of unbranched alkanes of at least 4 members (excludes halogenated alkanes) is 2. The largest absolute Gasteiger partial charge is 0.366 e. The van der Waals surface area contributed by atoms with Gasteiger partial charge in [-0.2, -0.15) is 0 Å². The lowest BCUT2D eigenvalue weighted by atomic mass is 9.96. The Bertz CT molecular complexity index is 739. The van der Waals surface area contributed by atoms with Crippen LogP contribution in [0.1, 0.15) is 73.8 Å². The van der Waals surface area contributed by atoms with Gasteiger partial charge in [0.05, 0.1) is 5.56 Å². The molecule has 142 valence electrons. The highest BCUT2D eigenvalue weighted by molar-refractivity contribution is 6.02. The van der Waals surface area contributed by atoms with Gasteiger partial charge in [0.2, 0.25) is 0 Å². The molecule has 0 bridgehead atoms. The van der Waals surface area contributed by atoms with Crippen LogP contribution in [0.3, 0.4) is 0 Å². The lowest BCUT2D eigenvalue weighted by molar-refractivity contribution is 0.1000. The minimum absolute atomic E-state index is 0.321. The smallest absolute Gasteiger partial charge is 0.251 e. The van der Waals surface area contributed by atoms with Gasteiger partial charge in [0.1, 0.15) is 0 Å². The highest BCUT2D eigenvalue weighted by Crippen LogP contribution is 2.34. The Balaban J connectivity index is 2.61. The first-order valence-corrected chi connectivity index (χ1v) is 9.95. The SMILES string of the molecule is CCCCCc1c(-c2ccc(C)cc2)c(C(N)=O)c(C)n1CCC(C)C. The number of hydrogen-bond acceptors (Lipinski definition) is 1. The Hall–Kier alpha value is -2.03. The van der Waals surface area contributed by atoms with Gasteiger partial charge in [-0.15, -0.1) is 0 Å². The maximum atomic E-state index is 12.3. The van der Waals surface area contributed by atoms with E-state index >= 15 is 0 Å². The average Bonchev–Trinajstić information content (AvgIpc) is 2.86. The molecule has 2 aromatic rings. The standard InChI is InChI=1S/C23H34N2O/c1-6-7-8-9-20-22(19-12-10-17(4)11-13-19)21(23(24)26)18(5)25(20)15-14-16(2)3/h10-13,16H,6-9,14-15H2,1-5H3,(H2,24,26). The van der Waals surface area contributed by atoms with Gasteiger partial charge in [0.25, 0.3) is 5.91 Å². The number of hydrogen-bond donors (Lipinski definition) is 1. The highest BCUT2D eigenvalue weighted by Gasteiger charge is 2.24. The van der Waals surface area contributed by atoms with Crippen molar-refractivity contribution in [1.82, 2.24) is 4.57 Å². The first kappa shape index (κ1) is 20.3. The summed E-state index contributed by atoms with van der Waals surface area (Å²) in [4.78, 5) is 12.3. The topological polar surface area (TPSA) is 48.0 Å². The molecule has 1 aromatic heterocycles. The minimum Gasteiger partial charge on any atom is -0.366 e. The van der Waals surface area contributed by atoms with Crippen LogP contribution in [0.5, 0.6) is 0 Å². The number of carbonyl (C=O) groups excluding carboxylic acids is 1. The van der Waals surface area contributed by atoms with Gasteiger partial charge in [0.15, 0.2) is 0 Å². The molecule has 0 aliphatic heterocycles. The molecule has 2 N–H and O–H groups in total. The van der Waals surface area contributed by atoms with Crippen LogP contribution in [-0.4, -0.2) is 10.5 Å². The quantitative estimate of drug-likeness (QED) is 0.581. The summed E-state index contributed by atoms with van der Waals surface area (Å²) in [6.07, 6.45) is 5.62. The zero-order valence-electron chi connectivity index (χ0n) is 17.1. The molecule has 3 nitrogen and oxygen atoms in total. The van der Waals surface area contributed by atoms with Crippen LogP contribution in [0.2, 0.25) is 0 Å². The summed E-state index contributed by atoms with van der Waals surface area (Å²) >= 11 is 0. The van der Waals surface area contributed by atoms with E-state index in [2.05, 4.69) is 56.5 Å². The average molecular weight is 355 g/mol. The number of amides is 1. The van der Waals surface area contributed by atoms with E-state index in [9.17, 15) is 4.79 Å². The molecule has 0 saturated heterocycles. The molecule has 0 atom stereocenters. The number of primary amides is 1. The molecule has 0 radical (unpaired) electrons. The van der Waals surface area contributed by atoms with Crippen molar-refractivity contribution in [2.45, 2.75) is 73.3 Å². The first-order chi connectivity index (χ1) is 12.4. The van der Waals surface area contributed by atoms with E-state index in [4.69, 9.17) is 5.73 Å². The molecule has 0 aliphatic carbocycles. The molecule has 1 aromatic carbocycles. The second-order valence-electron chi connectivity index (χ2n) is 7.80. The van der Waals surface area contributed by atoms with Crippen LogP contribution in [-0.2, 0) is 13.0 Å². The number of nitrogens with zero attached hydrogens (tertiary/aromatic N) is 1. The van der Waals surface area contributed by atoms with Crippen molar-refractivity contribution >= 4 is 5.91 Å². The predicted octanol–water partition coefficient (Wildman–Crippen LogP) is 5.65. The van der Waals surface area contributed by atoms with Crippen LogP contribution in [0.15, 0.2) is 24.3 Å². The third-order valence-corrected chi connectivity index (χ3v) is 5.16. The molecular formula is C23H34N2O. The fourth-order valence-corrected chi connectivity index (χ4v) is 3.62. The number of rotatable bonds is 9. The Kier molecular flexibility index (Phi) is 7.07. The third-order valence-electron chi connectivity index (χ3n) is 5.16. The van der Waals surface area contributed by atoms with Crippen LogP contribution >= 0.6 is 0 Å². The van der Waals surface area contributed by atoms with Gasteiger partial charge in [-0.05, 0) is 44.6 Å². The van der Waals surface area contributed by atoms with Crippen molar-refractivity contribution in [3.05, 3.63) is 46.8 Å². The van der Waals surface area contributed by atoms with Crippen LogP contribution in [0.25, 0.3) is 11.1 Å². The van der Waals surface area contributed by atoms with Gasteiger partial charge in [0, 0.05) is 23.5 Å². The Morgan fingerprint density at radius 1 is 1.12 bits per heavy atom. The Labute approximate surface area is 158 Å². The third kappa shape index (κ3) is 4.57. The Morgan fingerprint density at radius 2 is 1.77 bits per heavy atom. The van der Waals surface area contributed by atoms with Crippen LogP contribution in [0, 0.1) is 19.8 Å². The van der Waals surface area contributed by atoms with Crippen molar-refractivity contribution in [2.75, 3.05) is 0 Å². The number of carbonyl (C=O) groups is 1. The molecule has 1 amide bonds. The molecule has 0 saturated carbocycles. The van der Waals surface area contributed by atoms with Crippen LogP contribution in [0.4, 0.5) is 0 Å². The van der Waals surface area contributed by atoms with E-state index in [1.54, 1.807) is 0 Å². The van der Waals surface area contributed by atoms with E-state index in [-0.39, 0.29) is 5.91 Å². The second kappa shape index (κ2) is 9.07. The van der Waals surface area contributed by atoms with E-state index in [0.29, 0.717) is 11.5 Å². The summed E-state index contributed by atoms with van der Waals surface area (Å²) < 4.78 is 2.35. The van der Waals surface area contributed by atoms with Crippen molar-refractivity contribution in [3.63, 3.8) is 0 Å². The fraction of sp³-hybridized carbons (Fsp3) is 0.522. The zero-order valence-corrected chi connectivity index (χ0v) is 17.1. The van der Waals surface area contributed by atoms with Gasteiger partial charge in [-0.25, -0.2) is 0 Å². The molecule has 0 unspecified atom stereocenters. The number of aromatic nitrogens is 1. The normalized spacial score (nSPS) is 11.3. The maximum absolute atomic E-state index is 12.3. The molecule has 1 heterocycles. The summed E-state index contributed by atoms with van der Waals surface area (Å²) in [6, 6.07) is 8.45. The number of nitrogens with two attached hydrogens (primary N) is 1. The molecule has 0 fully saturated rings. The minimum atomic E-state index is -0.321. The van der Waals surface area contributed by atoms with E-state index < -0.39 is 0 Å². The molecular weight excluding hydrogens is 320 g/mol. The fourth-order valence-electron chi connectivity index (χ4n) is 3.62. The number of benzene rings is 1. The molecule has 3 heteroatoms. The lowest BCUT2D eigenvalue weighted by Gasteiger charge is -2.15.